The lowest BCUT2D eigenvalue weighted by Crippen LogP contribution is -2.15. The first-order chi connectivity index (χ1) is 11.0. The SMILES string of the molecule is Cc1cccc(C)c1NC(=O)CSCc1ccc(C(C)C)cc1. The minimum Gasteiger partial charge on any atom is -0.325 e. The Hall–Kier alpha value is -1.74. The normalized spacial score (nSPS) is 10.8. The van der Waals surface area contributed by atoms with Gasteiger partial charge in [-0.15, -0.1) is 11.8 Å². The molecule has 3 heteroatoms. The van der Waals surface area contributed by atoms with E-state index in [2.05, 4.69) is 43.4 Å². The zero-order chi connectivity index (χ0) is 16.8. The topological polar surface area (TPSA) is 29.1 Å². The molecule has 0 aliphatic heterocycles. The monoisotopic (exact) mass is 327 g/mol. The van der Waals surface area contributed by atoms with Crippen LogP contribution in [0.5, 0.6) is 0 Å². The van der Waals surface area contributed by atoms with Gasteiger partial charge >= 0.3 is 0 Å². The summed E-state index contributed by atoms with van der Waals surface area (Å²) in [5, 5.41) is 3.03. The van der Waals surface area contributed by atoms with Crippen molar-refractivity contribution in [2.24, 2.45) is 0 Å². The van der Waals surface area contributed by atoms with Gasteiger partial charge in [0.25, 0.3) is 0 Å². The molecular formula is C20H25NOS. The van der Waals surface area contributed by atoms with Crippen molar-refractivity contribution in [1.29, 1.82) is 0 Å². The number of nitrogens with one attached hydrogen (secondary N) is 1. The van der Waals surface area contributed by atoms with E-state index in [0.29, 0.717) is 11.7 Å². The van der Waals surface area contributed by atoms with Crippen molar-refractivity contribution in [2.45, 2.75) is 39.4 Å². The van der Waals surface area contributed by atoms with Gasteiger partial charge in [0, 0.05) is 11.4 Å². The summed E-state index contributed by atoms with van der Waals surface area (Å²) in [6, 6.07) is 14.7. The zero-order valence-corrected chi connectivity index (χ0v) is 15.2. The molecule has 2 rings (SSSR count). The molecule has 2 aromatic carbocycles. The van der Waals surface area contributed by atoms with Crippen LogP contribution in [0.2, 0.25) is 0 Å². The summed E-state index contributed by atoms with van der Waals surface area (Å²) in [7, 11) is 0. The number of rotatable bonds is 6. The third kappa shape index (κ3) is 5.14. The molecule has 122 valence electrons. The van der Waals surface area contributed by atoms with Gasteiger partial charge in [-0.3, -0.25) is 4.79 Å². The minimum absolute atomic E-state index is 0.0613. The van der Waals surface area contributed by atoms with E-state index in [1.54, 1.807) is 11.8 Å². The summed E-state index contributed by atoms with van der Waals surface area (Å²) in [6.45, 7) is 8.43. The van der Waals surface area contributed by atoms with E-state index in [1.165, 1.54) is 11.1 Å². The number of para-hydroxylation sites is 1. The van der Waals surface area contributed by atoms with Gasteiger partial charge in [0.05, 0.1) is 5.75 Å². The Balaban J connectivity index is 1.83. The Morgan fingerprint density at radius 1 is 1.04 bits per heavy atom. The Morgan fingerprint density at radius 3 is 2.22 bits per heavy atom. The molecule has 0 heterocycles. The van der Waals surface area contributed by atoms with E-state index in [4.69, 9.17) is 0 Å². The molecular weight excluding hydrogens is 302 g/mol. The van der Waals surface area contributed by atoms with Crippen molar-refractivity contribution >= 4 is 23.4 Å². The summed E-state index contributed by atoms with van der Waals surface area (Å²) in [6.07, 6.45) is 0. The highest BCUT2D eigenvalue weighted by molar-refractivity contribution is 7.99. The maximum atomic E-state index is 12.1. The second-order valence-electron chi connectivity index (χ2n) is 6.20. The van der Waals surface area contributed by atoms with Gasteiger partial charge in [-0.25, -0.2) is 0 Å². The van der Waals surface area contributed by atoms with Gasteiger partial charge < -0.3 is 5.32 Å². The maximum Gasteiger partial charge on any atom is 0.234 e. The Bertz CT molecular complexity index is 642. The van der Waals surface area contributed by atoms with Crippen LogP contribution in [-0.4, -0.2) is 11.7 Å². The average Bonchev–Trinajstić information content (AvgIpc) is 2.51. The molecule has 2 aromatic rings. The number of carbonyl (C=O) groups is 1. The molecule has 0 fully saturated rings. The van der Waals surface area contributed by atoms with E-state index in [0.717, 1.165) is 22.6 Å². The van der Waals surface area contributed by atoms with Gasteiger partial charge in [-0.05, 0) is 42.0 Å². The summed E-state index contributed by atoms with van der Waals surface area (Å²) in [4.78, 5) is 12.1. The summed E-state index contributed by atoms with van der Waals surface area (Å²) >= 11 is 1.65. The smallest absolute Gasteiger partial charge is 0.234 e. The quantitative estimate of drug-likeness (QED) is 0.780. The predicted octanol–water partition coefficient (Wildman–Crippen LogP) is 5.30. The Kier molecular flexibility index (Phi) is 6.28. The fourth-order valence-corrected chi connectivity index (χ4v) is 3.24. The number of hydrogen-bond donors (Lipinski definition) is 1. The fourth-order valence-electron chi connectivity index (χ4n) is 2.45. The van der Waals surface area contributed by atoms with Crippen LogP contribution < -0.4 is 5.32 Å². The lowest BCUT2D eigenvalue weighted by molar-refractivity contribution is -0.113. The van der Waals surface area contributed by atoms with Crippen LogP contribution in [0.15, 0.2) is 42.5 Å². The van der Waals surface area contributed by atoms with Gasteiger partial charge in [-0.2, -0.15) is 0 Å². The molecule has 0 saturated heterocycles. The molecule has 0 unspecified atom stereocenters. The van der Waals surface area contributed by atoms with E-state index in [9.17, 15) is 4.79 Å². The molecule has 0 aromatic heterocycles. The van der Waals surface area contributed by atoms with Crippen molar-refractivity contribution in [3.05, 3.63) is 64.7 Å². The molecule has 0 aliphatic carbocycles. The first kappa shape index (κ1) is 17.6. The van der Waals surface area contributed by atoms with Gasteiger partial charge in [0.1, 0.15) is 0 Å². The molecule has 1 N–H and O–H groups in total. The zero-order valence-electron chi connectivity index (χ0n) is 14.3. The van der Waals surface area contributed by atoms with Crippen molar-refractivity contribution in [3.8, 4) is 0 Å². The molecule has 0 atom stereocenters. The minimum atomic E-state index is 0.0613. The molecule has 2 nitrogen and oxygen atoms in total. The van der Waals surface area contributed by atoms with E-state index in [-0.39, 0.29) is 5.91 Å². The molecule has 0 bridgehead atoms. The number of aryl methyl sites for hydroxylation is 2. The van der Waals surface area contributed by atoms with E-state index in [1.807, 2.05) is 32.0 Å². The summed E-state index contributed by atoms with van der Waals surface area (Å²) in [5.74, 6) is 1.95. The van der Waals surface area contributed by atoms with Gasteiger partial charge in [0.2, 0.25) is 5.91 Å². The number of anilines is 1. The largest absolute Gasteiger partial charge is 0.325 e. The Labute approximate surface area is 143 Å². The van der Waals surface area contributed by atoms with Crippen LogP contribution in [-0.2, 0) is 10.5 Å². The van der Waals surface area contributed by atoms with E-state index >= 15 is 0 Å². The van der Waals surface area contributed by atoms with Crippen molar-refractivity contribution in [3.63, 3.8) is 0 Å². The molecule has 23 heavy (non-hydrogen) atoms. The van der Waals surface area contributed by atoms with Crippen LogP contribution in [0, 0.1) is 13.8 Å². The number of carbonyl (C=O) groups excluding carboxylic acids is 1. The first-order valence-corrected chi connectivity index (χ1v) is 9.15. The standard InChI is InChI=1S/C20H25NOS/c1-14(2)18-10-8-17(9-11-18)12-23-13-19(22)21-20-15(3)6-5-7-16(20)4/h5-11,14H,12-13H2,1-4H3,(H,21,22). The third-order valence-corrected chi connectivity index (χ3v) is 4.90. The van der Waals surface area contributed by atoms with Crippen LogP contribution in [0.1, 0.15) is 42.0 Å². The van der Waals surface area contributed by atoms with Crippen LogP contribution in [0.4, 0.5) is 5.69 Å². The predicted molar refractivity (Wildman–Crippen MR) is 101 cm³/mol. The molecule has 0 radical (unpaired) electrons. The Morgan fingerprint density at radius 2 is 1.65 bits per heavy atom. The second kappa shape index (κ2) is 8.21. The van der Waals surface area contributed by atoms with Crippen molar-refractivity contribution in [2.75, 3.05) is 11.1 Å². The van der Waals surface area contributed by atoms with Crippen molar-refractivity contribution in [1.82, 2.24) is 0 Å². The highest BCUT2D eigenvalue weighted by Crippen LogP contribution is 2.21. The highest BCUT2D eigenvalue weighted by atomic mass is 32.2. The lowest BCUT2D eigenvalue weighted by Gasteiger charge is -2.11. The molecule has 0 aliphatic rings. The number of hydrogen-bond acceptors (Lipinski definition) is 2. The first-order valence-electron chi connectivity index (χ1n) is 8.00. The molecule has 0 saturated carbocycles. The van der Waals surface area contributed by atoms with E-state index < -0.39 is 0 Å². The summed E-state index contributed by atoms with van der Waals surface area (Å²) < 4.78 is 0. The third-order valence-electron chi connectivity index (χ3n) is 3.89. The van der Waals surface area contributed by atoms with Gasteiger partial charge in [-0.1, -0.05) is 56.3 Å². The van der Waals surface area contributed by atoms with Crippen molar-refractivity contribution < 1.29 is 4.79 Å². The molecule has 0 spiro atoms. The second-order valence-corrected chi connectivity index (χ2v) is 7.19. The highest BCUT2D eigenvalue weighted by Gasteiger charge is 2.07. The number of benzene rings is 2. The number of thioether (sulfide) groups is 1. The fraction of sp³-hybridized carbons (Fsp3) is 0.350. The van der Waals surface area contributed by atoms with Gasteiger partial charge in [0.15, 0.2) is 0 Å². The average molecular weight is 327 g/mol. The maximum absolute atomic E-state index is 12.1. The lowest BCUT2D eigenvalue weighted by atomic mass is 10.0. The molecule has 1 amide bonds. The summed E-state index contributed by atoms with van der Waals surface area (Å²) in [5.41, 5.74) is 5.77. The van der Waals surface area contributed by atoms with Crippen LogP contribution >= 0.6 is 11.8 Å². The van der Waals surface area contributed by atoms with Crippen LogP contribution in [0.3, 0.4) is 0 Å². The van der Waals surface area contributed by atoms with Crippen LogP contribution in [0.25, 0.3) is 0 Å². The number of amides is 1.